The Labute approximate surface area is 406 Å². The van der Waals surface area contributed by atoms with Gasteiger partial charge in [-0.05, 0) is 32.1 Å². The molecule has 0 aliphatic heterocycles. The van der Waals surface area contributed by atoms with Crippen LogP contribution in [-0.4, -0.2) is 47.4 Å². The van der Waals surface area contributed by atoms with Crippen LogP contribution < -0.4 is 5.32 Å². The van der Waals surface area contributed by atoms with E-state index in [4.69, 9.17) is 4.74 Å². The van der Waals surface area contributed by atoms with Crippen molar-refractivity contribution < 1.29 is 24.5 Å². The number of carbonyl (C=O) groups is 2. The van der Waals surface area contributed by atoms with Crippen LogP contribution in [0.15, 0.2) is 12.2 Å². The highest BCUT2D eigenvalue weighted by atomic mass is 16.5. The SMILES string of the molecule is CCCCCCCCCC/C=C/C(O)C(CO)NC(=O)CCCCCCCCCCCCCCCCCCCCCCCCCOC(=O)CCCCCCCCCCCCCCCCC. The zero-order chi connectivity index (χ0) is 47.2. The second-order valence-electron chi connectivity index (χ2n) is 20.3. The molecule has 0 aromatic rings. The van der Waals surface area contributed by atoms with Gasteiger partial charge in [0.05, 0.1) is 25.4 Å². The minimum absolute atomic E-state index is 0.0170. The molecule has 386 valence electrons. The first-order valence-electron chi connectivity index (χ1n) is 29.5. The molecule has 0 aliphatic carbocycles. The Morgan fingerprint density at radius 3 is 1.05 bits per heavy atom. The highest BCUT2D eigenvalue weighted by Gasteiger charge is 2.18. The summed E-state index contributed by atoms with van der Waals surface area (Å²) in [5.41, 5.74) is 0. The summed E-state index contributed by atoms with van der Waals surface area (Å²) in [6.07, 6.45) is 65.4. The number of esters is 1. The molecular weight excluding hydrogens is 803 g/mol. The number of aliphatic hydroxyl groups excluding tert-OH is 2. The Hall–Kier alpha value is -1.40. The third kappa shape index (κ3) is 51.8. The molecule has 2 unspecified atom stereocenters. The Morgan fingerprint density at radius 2 is 0.708 bits per heavy atom. The van der Waals surface area contributed by atoms with E-state index in [-0.39, 0.29) is 18.5 Å². The lowest BCUT2D eigenvalue weighted by Crippen LogP contribution is -2.45. The average Bonchev–Trinajstić information content (AvgIpc) is 3.31. The molecule has 6 nitrogen and oxygen atoms in total. The molecule has 0 aliphatic rings. The van der Waals surface area contributed by atoms with Crippen molar-refractivity contribution in [1.82, 2.24) is 5.32 Å². The van der Waals surface area contributed by atoms with Crippen LogP contribution in [0.2, 0.25) is 0 Å². The number of carbonyl (C=O) groups excluding carboxylic acids is 2. The molecule has 0 spiro atoms. The van der Waals surface area contributed by atoms with Crippen molar-refractivity contribution in [3.05, 3.63) is 12.2 Å². The highest BCUT2D eigenvalue weighted by Crippen LogP contribution is 2.18. The van der Waals surface area contributed by atoms with Gasteiger partial charge >= 0.3 is 5.97 Å². The number of ether oxygens (including phenoxy) is 1. The van der Waals surface area contributed by atoms with Gasteiger partial charge in [-0.25, -0.2) is 0 Å². The van der Waals surface area contributed by atoms with Gasteiger partial charge in [0.25, 0.3) is 0 Å². The Balaban J connectivity index is 3.34. The summed E-state index contributed by atoms with van der Waals surface area (Å²) in [5.74, 6) is -0.0511. The van der Waals surface area contributed by atoms with Crippen LogP contribution in [0, 0.1) is 0 Å². The van der Waals surface area contributed by atoms with Gasteiger partial charge in [0, 0.05) is 12.8 Å². The molecular formula is C59H115NO5. The fraction of sp³-hybridized carbons (Fsp3) is 0.932. The van der Waals surface area contributed by atoms with E-state index < -0.39 is 12.1 Å². The highest BCUT2D eigenvalue weighted by molar-refractivity contribution is 5.76. The zero-order valence-electron chi connectivity index (χ0n) is 44.0. The molecule has 65 heavy (non-hydrogen) atoms. The van der Waals surface area contributed by atoms with Crippen molar-refractivity contribution in [3.8, 4) is 0 Å². The molecule has 6 heteroatoms. The van der Waals surface area contributed by atoms with Gasteiger partial charge in [-0.15, -0.1) is 0 Å². The number of unbranched alkanes of at least 4 members (excludes halogenated alkanes) is 44. The standard InChI is InChI=1S/C59H115NO5/c1-3-5-7-9-11-13-15-16-26-30-33-37-41-45-49-53-59(64)65-54-50-46-42-38-34-31-28-25-23-21-19-17-18-20-22-24-27-29-32-36-40-44-48-52-58(63)60-56(55-61)57(62)51-47-43-39-35-14-12-10-8-6-4-2/h47,51,56-57,61-62H,3-46,48-50,52-55H2,1-2H3,(H,60,63)/b51-47+. The number of allylic oxidation sites excluding steroid dienone is 1. The molecule has 0 rings (SSSR count). The van der Waals surface area contributed by atoms with Crippen LogP contribution in [0.3, 0.4) is 0 Å². The average molecular weight is 919 g/mol. The Morgan fingerprint density at radius 1 is 0.415 bits per heavy atom. The predicted molar refractivity (Wildman–Crippen MR) is 283 cm³/mol. The summed E-state index contributed by atoms with van der Waals surface area (Å²) in [5, 5.41) is 23.0. The largest absolute Gasteiger partial charge is 0.466 e. The molecule has 0 aromatic heterocycles. The van der Waals surface area contributed by atoms with Crippen LogP contribution in [0.25, 0.3) is 0 Å². The minimum Gasteiger partial charge on any atom is -0.466 e. The van der Waals surface area contributed by atoms with Crippen molar-refractivity contribution >= 4 is 11.9 Å². The summed E-state index contributed by atoms with van der Waals surface area (Å²) >= 11 is 0. The maximum Gasteiger partial charge on any atom is 0.305 e. The third-order valence-corrected chi connectivity index (χ3v) is 13.8. The predicted octanol–water partition coefficient (Wildman–Crippen LogP) is 18.1. The molecule has 2 atom stereocenters. The lowest BCUT2D eigenvalue weighted by Gasteiger charge is -2.20. The molecule has 1 amide bonds. The first-order valence-corrected chi connectivity index (χ1v) is 29.5. The normalized spacial score (nSPS) is 12.6. The zero-order valence-corrected chi connectivity index (χ0v) is 44.0. The number of nitrogens with one attached hydrogen (secondary N) is 1. The molecule has 0 aromatic carbocycles. The van der Waals surface area contributed by atoms with Gasteiger partial charge in [0.2, 0.25) is 5.91 Å². The van der Waals surface area contributed by atoms with Crippen molar-refractivity contribution in [2.75, 3.05) is 13.2 Å². The summed E-state index contributed by atoms with van der Waals surface area (Å²) < 4.78 is 5.49. The fourth-order valence-electron chi connectivity index (χ4n) is 9.28. The van der Waals surface area contributed by atoms with E-state index in [0.717, 1.165) is 38.5 Å². The monoisotopic (exact) mass is 918 g/mol. The van der Waals surface area contributed by atoms with Crippen LogP contribution in [0.1, 0.15) is 328 Å². The van der Waals surface area contributed by atoms with Crippen LogP contribution in [-0.2, 0) is 14.3 Å². The first-order chi connectivity index (χ1) is 32.0. The molecule has 0 fully saturated rings. The van der Waals surface area contributed by atoms with Crippen molar-refractivity contribution in [2.24, 2.45) is 0 Å². The number of aliphatic hydroxyl groups is 2. The Kier molecular flexibility index (Phi) is 54.0. The topological polar surface area (TPSA) is 95.9 Å². The van der Waals surface area contributed by atoms with Gasteiger partial charge in [-0.1, -0.05) is 296 Å². The van der Waals surface area contributed by atoms with Crippen molar-refractivity contribution in [3.63, 3.8) is 0 Å². The van der Waals surface area contributed by atoms with Gasteiger partial charge in [-0.2, -0.15) is 0 Å². The smallest absolute Gasteiger partial charge is 0.305 e. The molecule has 3 N–H and O–H groups in total. The lowest BCUT2D eigenvalue weighted by molar-refractivity contribution is -0.143. The van der Waals surface area contributed by atoms with Gasteiger partial charge in [-0.3, -0.25) is 9.59 Å². The van der Waals surface area contributed by atoms with Crippen molar-refractivity contribution in [1.29, 1.82) is 0 Å². The summed E-state index contributed by atoms with van der Waals surface area (Å²) in [6.45, 7) is 4.90. The first kappa shape index (κ1) is 63.6. The van der Waals surface area contributed by atoms with E-state index in [9.17, 15) is 19.8 Å². The minimum atomic E-state index is -0.841. The molecule has 0 radical (unpaired) electrons. The number of amides is 1. The van der Waals surface area contributed by atoms with Gasteiger partial charge < -0.3 is 20.3 Å². The Bertz CT molecular complexity index is 970. The van der Waals surface area contributed by atoms with E-state index in [2.05, 4.69) is 19.2 Å². The summed E-state index contributed by atoms with van der Waals surface area (Å²) in [6, 6.07) is -0.624. The van der Waals surface area contributed by atoms with E-state index in [1.54, 1.807) is 6.08 Å². The van der Waals surface area contributed by atoms with Crippen LogP contribution >= 0.6 is 0 Å². The molecule has 0 heterocycles. The number of hydrogen-bond acceptors (Lipinski definition) is 5. The lowest BCUT2D eigenvalue weighted by atomic mass is 10.0. The van der Waals surface area contributed by atoms with Gasteiger partial charge in [0.15, 0.2) is 0 Å². The summed E-state index contributed by atoms with van der Waals surface area (Å²) in [7, 11) is 0. The quantitative estimate of drug-likeness (QED) is 0.0321. The van der Waals surface area contributed by atoms with Crippen LogP contribution in [0.4, 0.5) is 0 Å². The molecule has 0 saturated heterocycles. The fourth-order valence-corrected chi connectivity index (χ4v) is 9.28. The van der Waals surface area contributed by atoms with Crippen molar-refractivity contribution in [2.45, 2.75) is 341 Å². The van der Waals surface area contributed by atoms with E-state index in [1.807, 2.05) is 6.08 Å². The van der Waals surface area contributed by atoms with E-state index >= 15 is 0 Å². The molecule has 0 bridgehead atoms. The van der Waals surface area contributed by atoms with Gasteiger partial charge in [0.1, 0.15) is 0 Å². The third-order valence-electron chi connectivity index (χ3n) is 13.8. The summed E-state index contributed by atoms with van der Waals surface area (Å²) in [4.78, 5) is 24.5. The van der Waals surface area contributed by atoms with Crippen LogP contribution in [0.5, 0.6) is 0 Å². The maximum atomic E-state index is 12.4. The van der Waals surface area contributed by atoms with E-state index in [1.165, 1.54) is 263 Å². The number of hydrogen-bond donors (Lipinski definition) is 3. The maximum absolute atomic E-state index is 12.4. The van der Waals surface area contributed by atoms with E-state index in [0.29, 0.717) is 19.4 Å². The second kappa shape index (κ2) is 55.2. The molecule has 0 saturated carbocycles. The second-order valence-corrected chi connectivity index (χ2v) is 20.3. The number of rotatable bonds is 55.